The van der Waals surface area contributed by atoms with Gasteiger partial charge in [-0.3, -0.25) is 0 Å². The molecule has 3 aromatic rings. The molecule has 0 amide bonds. The molecule has 0 aliphatic heterocycles. The van der Waals surface area contributed by atoms with Crippen LogP contribution < -0.4 is 4.98 Å². The smallest absolute Gasteiger partial charge is 0.159 e. The van der Waals surface area contributed by atoms with Crippen molar-refractivity contribution in [1.29, 1.82) is 0 Å². The Kier molecular flexibility index (Phi) is 3.66. The molecule has 1 N–H and O–H groups in total. The normalized spacial score (nSPS) is 17.4. The summed E-state index contributed by atoms with van der Waals surface area (Å²) in [5.41, 5.74) is 6.35. The van der Waals surface area contributed by atoms with Gasteiger partial charge in [0.05, 0.1) is 0 Å². The first-order valence-electron chi connectivity index (χ1n) is 8.51. The number of hydrogen-bond donors (Lipinski definition) is 1. The highest BCUT2D eigenvalue weighted by Crippen LogP contribution is 2.52. The van der Waals surface area contributed by atoms with Crippen LogP contribution in [0.15, 0.2) is 60.2 Å². The molecule has 1 unspecified atom stereocenters. The van der Waals surface area contributed by atoms with E-state index in [2.05, 4.69) is 86.5 Å². The van der Waals surface area contributed by atoms with Crippen molar-refractivity contribution < 1.29 is 0 Å². The second-order valence-corrected chi connectivity index (χ2v) is 12.6. The number of nitrogens with one attached hydrogen (secondary N) is 1. The Balaban J connectivity index is 1.82. The van der Waals surface area contributed by atoms with Crippen LogP contribution in [-0.4, -0.2) is 8.24 Å². The molecule has 1 heterocycles. The van der Waals surface area contributed by atoms with Crippen LogP contribution in [0.25, 0.3) is 15.7 Å². The van der Waals surface area contributed by atoms with Gasteiger partial charge in [-0.2, -0.15) is 0 Å². The van der Waals surface area contributed by atoms with Gasteiger partial charge in [-0.05, 0) is 43.2 Å². The van der Waals surface area contributed by atoms with Gasteiger partial charge in [0.25, 0.3) is 0 Å². The summed E-state index contributed by atoms with van der Waals surface area (Å²) >= 11 is 1.99. The molecule has 122 valence electrons. The third kappa shape index (κ3) is 2.35. The molecule has 1 aromatic heterocycles. The van der Waals surface area contributed by atoms with Crippen LogP contribution >= 0.6 is 11.3 Å². The van der Waals surface area contributed by atoms with Gasteiger partial charge in [-0.1, -0.05) is 55.1 Å². The van der Waals surface area contributed by atoms with Crippen molar-refractivity contribution in [3.05, 3.63) is 70.6 Å². The first-order chi connectivity index (χ1) is 11.5. The highest BCUT2D eigenvalue weighted by Gasteiger charge is 2.42. The van der Waals surface area contributed by atoms with E-state index in [0.29, 0.717) is 5.54 Å². The minimum absolute atomic E-state index is 0.546. The summed E-state index contributed by atoms with van der Waals surface area (Å²) in [6.45, 7) is 9.56. The largest absolute Gasteiger partial charge is 0.410 e. The Labute approximate surface area is 149 Å². The predicted octanol–water partition coefficient (Wildman–Crippen LogP) is 6.65. The molecule has 0 bridgehead atoms. The highest BCUT2D eigenvalue weighted by molar-refractivity contribution is 7.20. The van der Waals surface area contributed by atoms with Crippen LogP contribution in [0.1, 0.15) is 29.8 Å². The second kappa shape index (κ2) is 5.61. The Morgan fingerprint density at radius 3 is 2.33 bits per heavy atom. The van der Waals surface area contributed by atoms with Crippen molar-refractivity contribution in [2.45, 2.75) is 32.5 Å². The number of benzene rings is 2. The average molecular weight is 350 g/mol. The monoisotopic (exact) mass is 349 g/mol. The Bertz CT molecular complexity index is 937. The molecular weight excluding hydrogens is 326 g/mol. The third-order valence-corrected chi connectivity index (χ3v) is 9.79. The summed E-state index contributed by atoms with van der Waals surface area (Å²) < 4.78 is 1.42. The lowest BCUT2D eigenvalue weighted by Crippen LogP contribution is -2.43. The lowest BCUT2D eigenvalue weighted by atomic mass is 10.1. The fourth-order valence-corrected chi connectivity index (χ4v) is 9.64. The molecule has 3 heteroatoms. The van der Waals surface area contributed by atoms with E-state index in [1.807, 2.05) is 11.3 Å². The van der Waals surface area contributed by atoms with Gasteiger partial charge in [0, 0.05) is 26.2 Å². The van der Waals surface area contributed by atoms with E-state index in [0.717, 1.165) is 0 Å². The van der Waals surface area contributed by atoms with Crippen LogP contribution in [-0.2, 0) is 0 Å². The maximum Gasteiger partial charge on any atom is 0.159 e. The molecule has 1 atom stereocenters. The highest BCUT2D eigenvalue weighted by atomic mass is 32.1. The number of hydrogen-bond acceptors (Lipinski definition) is 2. The molecular formula is C21H23NSSi. The molecule has 0 fully saturated rings. The first kappa shape index (κ1) is 15.7. The van der Waals surface area contributed by atoms with Gasteiger partial charge in [-0.15, -0.1) is 11.3 Å². The molecule has 2 aromatic carbocycles. The van der Waals surface area contributed by atoms with E-state index in [4.69, 9.17) is 0 Å². The van der Waals surface area contributed by atoms with E-state index in [1.54, 1.807) is 10.5 Å². The van der Waals surface area contributed by atoms with Crippen LogP contribution in [0.2, 0.25) is 13.1 Å². The fourth-order valence-electron chi connectivity index (χ4n) is 4.10. The second-order valence-electron chi connectivity index (χ2n) is 7.29. The van der Waals surface area contributed by atoms with Gasteiger partial charge in [-0.25, -0.2) is 0 Å². The van der Waals surface area contributed by atoms with Gasteiger partial charge in [0.15, 0.2) is 8.24 Å². The number of rotatable bonds is 3. The number of allylic oxidation sites excluding steroid dienone is 2. The van der Waals surface area contributed by atoms with Crippen molar-refractivity contribution in [2.75, 3.05) is 4.98 Å². The van der Waals surface area contributed by atoms with E-state index in [-0.39, 0.29) is 0 Å². The van der Waals surface area contributed by atoms with Crippen LogP contribution in [0.3, 0.4) is 0 Å². The summed E-state index contributed by atoms with van der Waals surface area (Å²) in [5, 5.41) is 1.43. The average Bonchev–Trinajstić information content (AvgIpc) is 3.03. The van der Waals surface area contributed by atoms with E-state index >= 15 is 0 Å². The lowest BCUT2D eigenvalue weighted by Gasteiger charge is -2.32. The number of anilines is 1. The molecule has 1 aliphatic rings. The minimum Gasteiger partial charge on any atom is -0.410 e. The third-order valence-electron chi connectivity index (χ3n) is 5.25. The van der Waals surface area contributed by atoms with Crippen molar-refractivity contribution in [1.82, 2.24) is 0 Å². The van der Waals surface area contributed by atoms with E-state index in [1.165, 1.54) is 26.9 Å². The molecule has 0 spiro atoms. The minimum atomic E-state index is -1.73. The lowest BCUT2D eigenvalue weighted by molar-refractivity contribution is 1.10. The van der Waals surface area contributed by atoms with Gasteiger partial charge in [0.2, 0.25) is 0 Å². The quantitative estimate of drug-likeness (QED) is 0.522. The Hall–Kier alpha value is -1.84. The van der Waals surface area contributed by atoms with Crippen LogP contribution in [0, 0.1) is 0 Å². The summed E-state index contributed by atoms with van der Waals surface area (Å²) in [7, 11) is -1.73. The molecule has 0 saturated carbocycles. The van der Waals surface area contributed by atoms with Gasteiger partial charge in [0.1, 0.15) is 0 Å². The van der Waals surface area contributed by atoms with Crippen LogP contribution in [0.4, 0.5) is 5.69 Å². The molecule has 1 aliphatic carbocycles. The zero-order chi connectivity index (χ0) is 16.9. The van der Waals surface area contributed by atoms with E-state index in [9.17, 15) is 0 Å². The molecule has 0 radical (unpaired) electrons. The summed E-state index contributed by atoms with van der Waals surface area (Å²) in [6, 6.07) is 19.5. The number of para-hydroxylation sites is 1. The zero-order valence-corrected chi connectivity index (χ0v) is 16.5. The molecule has 24 heavy (non-hydrogen) atoms. The summed E-state index contributed by atoms with van der Waals surface area (Å²) in [4.78, 5) is 5.48. The molecule has 4 rings (SSSR count). The SMILES string of the molecule is CC1=C(C)C([Si](C)(C)Nc2ccccc2)c2sc3ccccc3c21. The topological polar surface area (TPSA) is 12.0 Å². The Morgan fingerprint density at radius 1 is 0.917 bits per heavy atom. The maximum absolute atomic E-state index is 3.91. The summed E-state index contributed by atoms with van der Waals surface area (Å²) in [5.74, 6) is 0. The summed E-state index contributed by atoms with van der Waals surface area (Å²) in [6.07, 6.45) is 0. The van der Waals surface area contributed by atoms with E-state index < -0.39 is 8.24 Å². The zero-order valence-electron chi connectivity index (χ0n) is 14.7. The van der Waals surface area contributed by atoms with Gasteiger partial charge < -0.3 is 4.98 Å². The number of thiophene rings is 1. The first-order valence-corrected chi connectivity index (χ1v) is 12.4. The fraction of sp³-hybridized carbons (Fsp3) is 0.238. The van der Waals surface area contributed by atoms with Crippen molar-refractivity contribution in [3.63, 3.8) is 0 Å². The maximum atomic E-state index is 3.91. The Morgan fingerprint density at radius 2 is 1.58 bits per heavy atom. The standard InChI is InChI=1S/C21H23NSSi/c1-14-15(2)21(24(3,4)22-16-10-6-5-7-11-16)20-19(14)17-12-8-9-13-18(17)23-20/h5-13,21-22H,1-4H3. The predicted molar refractivity (Wildman–Crippen MR) is 110 cm³/mol. The van der Waals surface area contributed by atoms with Crippen molar-refractivity contribution in [2.24, 2.45) is 0 Å². The molecule has 1 nitrogen and oxygen atoms in total. The molecule has 0 saturated heterocycles. The van der Waals surface area contributed by atoms with Gasteiger partial charge >= 0.3 is 0 Å². The van der Waals surface area contributed by atoms with Crippen molar-refractivity contribution in [3.8, 4) is 0 Å². The van der Waals surface area contributed by atoms with Crippen molar-refractivity contribution >= 4 is 40.9 Å². The van der Waals surface area contributed by atoms with Crippen LogP contribution in [0.5, 0.6) is 0 Å². The number of fused-ring (bicyclic) bond motifs is 3.